The van der Waals surface area contributed by atoms with Gasteiger partial charge in [-0.15, -0.1) is 0 Å². The number of nitrogens with zero attached hydrogens (tertiary/aromatic N) is 6. The van der Waals surface area contributed by atoms with Gasteiger partial charge in [0.15, 0.2) is 0 Å². The van der Waals surface area contributed by atoms with Gasteiger partial charge in [-0.3, -0.25) is 14.9 Å². The van der Waals surface area contributed by atoms with Gasteiger partial charge in [0.05, 0.1) is 10.5 Å². The molecule has 136 valence electrons. The minimum Gasteiger partial charge on any atom is -0.339 e. The van der Waals surface area contributed by atoms with Crippen molar-refractivity contribution in [3.63, 3.8) is 0 Å². The fraction of sp³-hybridized carbons (Fsp3) is 0.375. The van der Waals surface area contributed by atoms with E-state index in [4.69, 9.17) is 0 Å². The maximum atomic E-state index is 13.1. The topological polar surface area (TPSA) is 119 Å². The Kier molecular flexibility index (Phi) is 4.65. The van der Waals surface area contributed by atoms with E-state index in [2.05, 4.69) is 20.8 Å². The Bertz CT molecular complexity index is 868. The molecule has 0 saturated carbocycles. The second-order valence-corrected chi connectivity index (χ2v) is 5.84. The fourth-order valence-corrected chi connectivity index (χ4v) is 3.06. The SMILES string of the molecule is CCN(CC)C(=O)C1=C(C)Nc2nnnn2C1c1ccc([N+](=O)[O-])cc1. The number of tetrazole rings is 1. The van der Waals surface area contributed by atoms with Gasteiger partial charge in [0.1, 0.15) is 6.04 Å². The predicted octanol–water partition coefficient (Wildman–Crippen LogP) is 1.74. The zero-order valence-electron chi connectivity index (χ0n) is 14.7. The number of benzene rings is 1. The highest BCUT2D eigenvalue weighted by molar-refractivity contribution is 5.96. The predicted molar refractivity (Wildman–Crippen MR) is 93.3 cm³/mol. The van der Waals surface area contributed by atoms with Gasteiger partial charge in [-0.1, -0.05) is 5.10 Å². The number of carbonyl (C=O) groups is 1. The molecule has 1 aromatic heterocycles. The molecule has 10 nitrogen and oxygen atoms in total. The summed E-state index contributed by atoms with van der Waals surface area (Å²) >= 11 is 0. The van der Waals surface area contributed by atoms with Crippen LogP contribution in [0.4, 0.5) is 11.6 Å². The Balaban J connectivity index is 2.11. The van der Waals surface area contributed by atoms with Gasteiger partial charge in [0, 0.05) is 30.9 Å². The normalized spacial score (nSPS) is 16.0. The molecule has 1 unspecified atom stereocenters. The van der Waals surface area contributed by atoms with Crippen molar-refractivity contribution in [2.45, 2.75) is 26.8 Å². The number of nitrogens with one attached hydrogen (secondary N) is 1. The lowest BCUT2D eigenvalue weighted by Crippen LogP contribution is -2.38. The molecule has 2 heterocycles. The van der Waals surface area contributed by atoms with Crippen molar-refractivity contribution >= 4 is 17.5 Å². The number of aromatic nitrogens is 4. The van der Waals surface area contributed by atoms with Gasteiger partial charge in [-0.25, -0.2) is 0 Å². The highest BCUT2D eigenvalue weighted by Crippen LogP contribution is 2.35. The number of non-ortho nitro benzene ring substituents is 1. The lowest BCUT2D eigenvalue weighted by molar-refractivity contribution is -0.384. The molecule has 1 aromatic carbocycles. The summed E-state index contributed by atoms with van der Waals surface area (Å²) < 4.78 is 1.52. The third-order valence-electron chi connectivity index (χ3n) is 4.41. The first-order valence-electron chi connectivity index (χ1n) is 8.27. The standard InChI is InChI=1S/C16H19N7O3/c1-4-21(5-2)15(24)13-10(3)17-16-18-19-20-22(16)14(13)11-6-8-12(9-7-11)23(25)26/h6-9,14H,4-5H2,1-3H3,(H,17,18,20). The van der Waals surface area contributed by atoms with Crippen molar-refractivity contribution in [3.8, 4) is 0 Å². The van der Waals surface area contributed by atoms with E-state index in [0.29, 0.717) is 35.9 Å². The molecule has 2 aromatic rings. The van der Waals surface area contributed by atoms with Gasteiger partial charge in [0.2, 0.25) is 5.95 Å². The molecular formula is C16H19N7O3. The van der Waals surface area contributed by atoms with Gasteiger partial charge < -0.3 is 10.2 Å². The number of allylic oxidation sites excluding steroid dienone is 1. The van der Waals surface area contributed by atoms with Gasteiger partial charge in [-0.05, 0) is 48.9 Å². The largest absolute Gasteiger partial charge is 0.339 e. The second-order valence-electron chi connectivity index (χ2n) is 5.84. The minimum atomic E-state index is -0.560. The number of likely N-dealkylation sites (N-methyl/N-ethyl adjacent to an activating group) is 1. The van der Waals surface area contributed by atoms with E-state index in [0.717, 1.165) is 0 Å². The zero-order valence-corrected chi connectivity index (χ0v) is 14.7. The Morgan fingerprint density at radius 3 is 2.54 bits per heavy atom. The molecule has 1 aliphatic heterocycles. The minimum absolute atomic E-state index is 0.0167. The van der Waals surface area contributed by atoms with E-state index < -0.39 is 11.0 Å². The van der Waals surface area contributed by atoms with Crippen LogP contribution in [0.1, 0.15) is 32.4 Å². The van der Waals surface area contributed by atoms with E-state index >= 15 is 0 Å². The summed E-state index contributed by atoms with van der Waals surface area (Å²) in [5.41, 5.74) is 1.85. The van der Waals surface area contributed by atoms with Crippen LogP contribution in [0.3, 0.4) is 0 Å². The molecule has 1 atom stereocenters. The Labute approximate surface area is 149 Å². The van der Waals surface area contributed by atoms with Crippen molar-refractivity contribution in [2.75, 3.05) is 18.4 Å². The maximum absolute atomic E-state index is 13.1. The van der Waals surface area contributed by atoms with Crippen molar-refractivity contribution in [3.05, 3.63) is 51.2 Å². The summed E-state index contributed by atoms with van der Waals surface area (Å²) in [6, 6.07) is 5.52. The number of fused-ring (bicyclic) bond motifs is 1. The molecule has 26 heavy (non-hydrogen) atoms. The number of amides is 1. The molecular weight excluding hydrogens is 338 g/mol. The number of nitro benzene ring substituents is 1. The van der Waals surface area contributed by atoms with E-state index in [1.54, 1.807) is 24.0 Å². The molecule has 0 saturated heterocycles. The summed E-state index contributed by atoms with van der Waals surface area (Å²) in [4.78, 5) is 25.3. The number of hydrogen-bond acceptors (Lipinski definition) is 7. The van der Waals surface area contributed by atoms with Crippen molar-refractivity contribution in [1.29, 1.82) is 0 Å². The first-order valence-corrected chi connectivity index (χ1v) is 8.27. The Hall–Kier alpha value is -3.30. The number of anilines is 1. The van der Waals surface area contributed by atoms with Crippen LogP contribution >= 0.6 is 0 Å². The molecule has 1 aliphatic rings. The molecule has 0 fully saturated rings. The van der Waals surface area contributed by atoms with Gasteiger partial charge >= 0.3 is 0 Å². The number of rotatable bonds is 5. The lowest BCUT2D eigenvalue weighted by Gasteiger charge is -2.31. The molecule has 10 heteroatoms. The summed E-state index contributed by atoms with van der Waals surface area (Å²) in [5.74, 6) is 0.298. The number of carbonyl (C=O) groups excluding carboxylic acids is 1. The molecule has 1 amide bonds. The Morgan fingerprint density at radius 1 is 1.31 bits per heavy atom. The van der Waals surface area contributed by atoms with Crippen LogP contribution in [0.25, 0.3) is 0 Å². The third-order valence-corrected chi connectivity index (χ3v) is 4.41. The summed E-state index contributed by atoms with van der Waals surface area (Å²) in [5, 5.41) is 25.6. The van der Waals surface area contributed by atoms with Crippen LogP contribution in [0.15, 0.2) is 35.5 Å². The average Bonchev–Trinajstić information content (AvgIpc) is 3.09. The average molecular weight is 357 g/mol. The van der Waals surface area contributed by atoms with E-state index in [1.165, 1.54) is 16.8 Å². The first kappa shape index (κ1) is 17.5. The van der Waals surface area contributed by atoms with E-state index in [9.17, 15) is 14.9 Å². The Morgan fingerprint density at radius 2 is 1.96 bits per heavy atom. The quantitative estimate of drug-likeness (QED) is 0.639. The molecule has 0 radical (unpaired) electrons. The molecule has 0 bridgehead atoms. The lowest BCUT2D eigenvalue weighted by atomic mass is 9.94. The van der Waals surface area contributed by atoms with Crippen LogP contribution in [0.2, 0.25) is 0 Å². The van der Waals surface area contributed by atoms with Crippen LogP contribution in [-0.2, 0) is 4.79 Å². The monoisotopic (exact) mass is 357 g/mol. The van der Waals surface area contributed by atoms with Crippen LogP contribution in [0.5, 0.6) is 0 Å². The van der Waals surface area contributed by atoms with E-state index in [1.807, 2.05) is 13.8 Å². The molecule has 0 spiro atoms. The van der Waals surface area contributed by atoms with Gasteiger partial charge in [0.25, 0.3) is 11.6 Å². The number of nitro groups is 1. The first-order chi connectivity index (χ1) is 12.5. The van der Waals surface area contributed by atoms with Crippen molar-refractivity contribution in [2.24, 2.45) is 0 Å². The number of hydrogen-bond donors (Lipinski definition) is 1. The van der Waals surface area contributed by atoms with Gasteiger partial charge in [-0.2, -0.15) is 4.68 Å². The highest BCUT2D eigenvalue weighted by atomic mass is 16.6. The molecule has 1 N–H and O–H groups in total. The summed E-state index contributed by atoms with van der Waals surface area (Å²) in [6.07, 6.45) is 0. The van der Waals surface area contributed by atoms with Crippen LogP contribution in [0, 0.1) is 10.1 Å². The summed E-state index contributed by atoms with van der Waals surface area (Å²) in [6.45, 7) is 6.77. The van der Waals surface area contributed by atoms with Crippen LogP contribution < -0.4 is 5.32 Å². The zero-order chi connectivity index (χ0) is 18.8. The summed E-state index contributed by atoms with van der Waals surface area (Å²) in [7, 11) is 0. The van der Waals surface area contributed by atoms with E-state index in [-0.39, 0.29) is 11.6 Å². The van der Waals surface area contributed by atoms with Crippen molar-refractivity contribution < 1.29 is 9.72 Å². The smallest absolute Gasteiger partial charge is 0.269 e. The maximum Gasteiger partial charge on any atom is 0.269 e. The van der Waals surface area contributed by atoms with Crippen LogP contribution in [-0.4, -0.2) is 49.0 Å². The third kappa shape index (κ3) is 2.89. The second kappa shape index (κ2) is 6.90. The molecule has 0 aliphatic carbocycles. The molecule has 3 rings (SSSR count). The van der Waals surface area contributed by atoms with Crippen molar-refractivity contribution in [1.82, 2.24) is 25.1 Å². The highest BCUT2D eigenvalue weighted by Gasteiger charge is 2.35. The fourth-order valence-electron chi connectivity index (χ4n) is 3.06.